The van der Waals surface area contributed by atoms with Crippen LogP contribution in [0.2, 0.25) is 5.15 Å². The van der Waals surface area contributed by atoms with Crippen molar-refractivity contribution >= 4 is 23.2 Å². The molecule has 0 radical (unpaired) electrons. The van der Waals surface area contributed by atoms with Gasteiger partial charge in [0.2, 0.25) is 5.95 Å². The van der Waals surface area contributed by atoms with E-state index in [-0.39, 0.29) is 5.82 Å². The Bertz CT molecular complexity index is 723. The van der Waals surface area contributed by atoms with Crippen molar-refractivity contribution in [2.24, 2.45) is 0 Å². The zero-order valence-electron chi connectivity index (χ0n) is 15.5. The molecule has 0 unspecified atom stereocenters. The molecule has 1 saturated heterocycles. The van der Waals surface area contributed by atoms with Crippen molar-refractivity contribution in [2.75, 3.05) is 56.6 Å². The third-order valence-corrected chi connectivity index (χ3v) is 4.73. The minimum absolute atomic E-state index is 0.192. The molecule has 1 fully saturated rings. The molecule has 146 valence electrons. The third kappa shape index (κ3) is 6.02. The molecule has 27 heavy (non-hydrogen) atoms. The van der Waals surface area contributed by atoms with Crippen molar-refractivity contribution in [3.05, 3.63) is 47.0 Å². The van der Waals surface area contributed by atoms with Gasteiger partial charge in [-0.2, -0.15) is 0 Å². The number of nitrogens with zero attached hydrogens (tertiary/aromatic N) is 4. The quantitative estimate of drug-likeness (QED) is 0.549. The van der Waals surface area contributed by atoms with Gasteiger partial charge in [-0.25, -0.2) is 14.4 Å². The Balaban J connectivity index is 1.37. The number of hydrogen-bond donors (Lipinski definition) is 1. The number of anilines is 2. The average Bonchev–Trinajstić information content (AvgIpc) is 2.66. The highest BCUT2D eigenvalue weighted by molar-refractivity contribution is 6.29. The van der Waals surface area contributed by atoms with Gasteiger partial charge in [-0.15, -0.1) is 0 Å². The molecule has 1 aromatic carbocycles. The van der Waals surface area contributed by atoms with E-state index in [1.807, 2.05) is 12.1 Å². The van der Waals surface area contributed by atoms with Gasteiger partial charge < -0.3 is 15.0 Å². The number of ether oxygens (including phenoxy) is 1. The van der Waals surface area contributed by atoms with Gasteiger partial charge >= 0.3 is 0 Å². The molecular weight excluding hydrogens is 369 g/mol. The van der Waals surface area contributed by atoms with Gasteiger partial charge in [-0.3, -0.25) is 4.90 Å². The summed E-state index contributed by atoms with van der Waals surface area (Å²) in [5, 5.41) is 3.64. The second-order valence-electron chi connectivity index (χ2n) is 6.52. The number of piperazine rings is 1. The summed E-state index contributed by atoms with van der Waals surface area (Å²) in [6.07, 6.45) is 0.992. The lowest BCUT2D eigenvalue weighted by atomic mass is 10.2. The van der Waals surface area contributed by atoms with E-state index < -0.39 is 0 Å². The smallest absolute Gasteiger partial charge is 0.224 e. The van der Waals surface area contributed by atoms with Crippen LogP contribution >= 0.6 is 11.6 Å². The van der Waals surface area contributed by atoms with E-state index in [1.165, 1.54) is 12.1 Å². The Morgan fingerprint density at radius 2 is 1.89 bits per heavy atom. The van der Waals surface area contributed by atoms with Crippen LogP contribution in [0.3, 0.4) is 0 Å². The first-order valence-corrected chi connectivity index (χ1v) is 9.51. The Morgan fingerprint density at radius 3 is 2.59 bits per heavy atom. The fraction of sp³-hybridized carbons (Fsp3) is 0.474. The fourth-order valence-electron chi connectivity index (χ4n) is 3.15. The maximum atomic E-state index is 13.0. The van der Waals surface area contributed by atoms with Crippen LogP contribution in [0, 0.1) is 5.82 Å². The summed E-state index contributed by atoms with van der Waals surface area (Å²) in [6.45, 7) is 6.12. The number of nitrogens with one attached hydrogen (secondary N) is 1. The molecule has 2 aromatic rings. The van der Waals surface area contributed by atoms with Crippen LogP contribution < -0.4 is 10.2 Å². The molecule has 1 aromatic heterocycles. The van der Waals surface area contributed by atoms with Crippen LogP contribution in [0.15, 0.2) is 30.3 Å². The Morgan fingerprint density at radius 1 is 1.15 bits per heavy atom. The molecular formula is C19H25ClFN5O. The number of methoxy groups -OCH3 is 1. The summed E-state index contributed by atoms with van der Waals surface area (Å²) in [5.74, 6) is 0.346. The summed E-state index contributed by atoms with van der Waals surface area (Å²) in [5.41, 5.74) is 1.85. The number of rotatable bonds is 8. The SMILES string of the molecule is COCc1cc(Cl)nc(NCCCN2CCN(c3ccc(F)cc3)CC2)n1. The predicted octanol–water partition coefficient (Wildman–Crippen LogP) is 3.04. The van der Waals surface area contributed by atoms with Crippen LogP contribution in [0.4, 0.5) is 16.0 Å². The van der Waals surface area contributed by atoms with E-state index in [0.717, 1.165) is 57.1 Å². The lowest BCUT2D eigenvalue weighted by Gasteiger charge is -2.36. The maximum absolute atomic E-state index is 13.0. The Labute approximate surface area is 164 Å². The summed E-state index contributed by atoms with van der Waals surface area (Å²) in [4.78, 5) is 13.3. The molecule has 0 aliphatic carbocycles. The van der Waals surface area contributed by atoms with Gasteiger partial charge in [0, 0.05) is 45.5 Å². The van der Waals surface area contributed by atoms with E-state index in [4.69, 9.17) is 16.3 Å². The highest BCUT2D eigenvalue weighted by atomic mass is 35.5. The number of hydrogen-bond acceptors (Lipinski definition) is 6. The lowest BCUT2D eigenvalue weighted by molar-refractivity contribution is 0.181. The van der Waals surface area contributed by atoms with Gasteiger partial charge in [-0.05, 0) is 43.3 Å². The van der Waals surface area contributed by atoms with E-state index >= 15 is 0 Å². The van der Waals surface area contributed by atoms with Crippen molar-refractivity contribution in [2.45, 2.75) is 13.0 Å². The number of aromatic nitrogens is 2. The number of halogens is 2. The van der Waals surface area contributed by atoms with Gasteiger partial charge in [0.1, 0.15) is 11.0 Å². The molecule has 0 atom stereocenters. The van der Waals surface area contributed by atoms with Gasteiger partial charge in [0.05, 0.1) is 12.3 Å². The zero-order valence-corrected chi connectivity index (χ0v) is 16.3. The first-order chi connectivity index (χ1) is 13.1. The minimum Gasteiger partial charge on any atom is -0.378 e. The molecule has 1 N–H and O–H groups in total. The molecule has 1 aliphatic heterocycles. The maximum Gasteiger partial charge on any atom is 0.224 e. The van der Waals surface area contributed by atoms with E-state index in [1.54, 1.807) is 13.2 Å². The average molecular weight is 394 g/mol. The number of benzene rings is 1. The molecule has 0 saturated carbocycles. The largest absolute Gasteiger partial charge is 0.378 e. The molecule has 3 rings (SSSR count). The zero-order chi connectivity index (χ0) is 19.1. The highest BCUT2D eigenvalue weighted by Gasteiger charge is 2.16. The molecule has 2 heterocycles. The predicted molar refractivity (Wildman–Crippen MR) is 106 cm³/mol. The van der Waals surface area contributed by atoms with E-state index in [2.05, 4.69) is 25.1 Å². The molecule has 0 amide bonds. The lowest BCUT2D eigenvalue weighted by Crippen LogP contribution is -2.46. The minimum atomic E-state index is -0.192. The van der Waals surface area contributed by atoms with Crippen molar-refractivity contribution < 1.29 is 9.13 Å². The third-order valence-electron chi connectivity index (χ3n) is 4.54. The van der Waals surface area contributed by atoms with Crippen molar-refractivity contribution in [3.8, 4) is 0 Å². The topological polar surface area (TPSA) is 53.5 Å². The monoisotopic (exact) mass is 393 g/mol. The molecule has 8 heteroatoms. The summed E-state index contributed by atoms with van der Waals surface area (Å²) in [7, 11) is 1.62. The Kier molecular flexibility index (Phi) is 7.20. The van der Waals surface area contributed by atoms with Crippen LogP contribution in [0.5, 0.6) is 0 Å². The van der Waals surface area contributed by atoms with Gasteiger partial charge in [0.25, 0.3) is 0 Å². The van der Waals surface area contributed by atoms with Crippen molar-refractivity contribution in [3.63, 3.8) is 0 Å². The molecule has 6 nitrogen and oxygen atoms in total. The summed E-state index contributed by atoms with van der Waals surface area (Å²) in [6, 6.07) is 8.43. The molecule has 1 aliphatic rings. The van der Waals surface area contributed by atoms with Crippen LogP contribution in [-0.4, -0.2) is 61.2 Å². The second-order valence-corrected chi connectivity index (χ2v) is 6.91. The first-order valence-electron chi connectivity index (χ1n) is 9.13. The van der Waals surface area contributed by atoms with E-state index in [0.29, 0.717) is 17.7 Å². The Hall–Kier alpha value is -1.96. The summed E-state index contributed by atoms with van der Waals surface area (Å²) >= 11 is 6.01. The standard InChI is InChI=1S/C19H25ClFN5O/c1-27-14-16-13-18(20)24-19(23-16)22-7-2-8-25-9-11-26(12-10-25)17-5-3-15(21)4-6-17/h3-6,13H,2,7-12,14H2,1H3,(H,22,23,24). The highest BCUT2D eigenvalue weighted by Crippen LogP contribution is 2.17. The second kappa shape index (κ2) is 9.82. The fourth-order valence-corrected chi connectivity index (χ4v) is 3.36. The normalized spacial score (nSPS) is 15.1. The van der Waals surface area contributed by atoms with Crippen LogP contribution in [-0.2, 0) is 11.3 Å². The van der Waals surface area contributed by atoms with Crippen LogP contribution in [0.1, 0.15) is 12.1 Å². The van der Waals surface area contributed by atoms with Gasteiger partial charge in [-0.1, -0.05) is 11.6 Å². The van der Waals surface area contributed by atoms with Gasteiger partial charge in [0.15, 0.2) is 0 Å². The van der Waals surface area contributed by atoms with Crippen LogP contribution in [0.25, 0.3) is 0 Å². The molecule has 0 spiro atoms. The first kappa shape index (κ1) is 19.8. The molecule has 0 bridgehead atoms. The van der Waals surface area contributed by atoms with Crippen molar-refractivity contribution in [1.29, 1.82) is 0 Å². The summed E-state index contributed by atoms with van der Waals surface area (Å²) < 4.78 is 18.1. The van der Waals surface area contributed by atoms with Crippen molar-refractivity contribution in [1.82, 2.24) is 14.9 Å². The van der Waals surface area contributed by atoms with E-state index in [9.17, 15) is 4.39 Å².